The Bertz CT molecular complexity index is 529. The summed E-state index contributed by atoms with van der Waals surface area (Å²) in [5.74, 6) is 0. The molecule has 0 saturated heterocycles. The first-order valence-electron chi connectivity index (χ1n) is 8.77. The van der Waals surface area contributed by atoms with Crippen LogP contribution in [0.3, 0.4) is 0 Å². The van der Waals surface area contributed by atoms with Crippen molar-refractivity contribution in [3.63, 3.8) is 0 Å². The number of unbranched alkanes of at least 4 members (excludes halogenated alkanes) is 1. The van der Waals surface area contributed by atoms with E-state index in [1.807, 2.05) is 0 Å². The van der Waals surface area contributed by atoms with Crippen LogP contribution >= 0.6 is 0 Å². The summed E-state index contributed by atoms with van der Waals surface area (Å²) in [4.78, 5) is 36.4. The van der Waals surface area contributed by atoms with Gasteiger partial charge in [-0.25, -0.2) is 28.1 Å². The summed E-state index contributed by atoms with van der Waals surface area (Å²) in [6.45, 7) is 3.83. The van der Waals surface area contributed by atoms with Crippen LogP contribution in [0.15, 0.2) is 14.4 Å². The molecule has 0 atom stereocenters. The summed E-state index contributed by atoms with van der Waals surface area (Å²) >= 11 is 0. The summed E-state index contributed by atoms with van der Waals surface area (Å²) in [5.41, 5.74) is -2.23. The van der Waals surface area contributed by atoms with E-state index in [9.17, 15) is 14.4 Å². The third-order valence-corrected chi connectivity index (χ3v) is 3.50. The van der Waals surface area contributed by atoms with Crippen molar-refractivity contribution in [2.24, 2.45) is 0 Å². The molecule has 0 aromatic carbocycles. The van der Waals surface area contributed by atoms with Gasteiger partial charge in [0.2, 0.25) is 0 Å². The van der Waals surface area contributed by atoms with Gasteiger partial charge in [-0.2, -0.15) is 0 Å². The molecule has 25 heavy (non-hydrogen) atoms. The van der Waals surface area contributed by atoms with E-state index in [-0.39, 0.29) is 58.7 Å². The van der Waals surface area contributed by atoms with Gasteiger partial charge in [-0.3, -0.25) is 0 Å². The molecule has 9 nitrogen and oxygen atoms in total. The molecule has 0 fully saturated rings. The second-order valence-corrected chi connectivity index (χ2v) is 5.53. The molecule has 9 heteroatoms. The molecule has 0 aliphatic carbocycles. The standard InChI is InChI=1S/C12H21N3O6.C4H10/c16-7-1-4-13-10(19)14(5-2-8-17)12(21)15(11(13)20)6-3-9-18;1-3-4-2/h16-18H,1-9H2;3-4H2,1-2H3. The summed E-state index contributed by atoms with van der Waals surface area (Å²) in [7, 11) is 0. The monoisotopic (exact) mass is 361 g/mol. The van der Waals surface area contributed by atoms with E-state index in [1.165, 1.54) is 12.8 Å². The average molecular weight is 361 g/mol. The summed E-state index contributed by atoms with van der Waals surface area (Å²) in [5, 5.41) is 26.5. The zero-order valence-corrected chi connectivity index (χ0v) is 15.2. The SMILES string of the molecule is CCCC.O=c1n(CCCO)c(=O)n(CCCO)c(=O)n1CCCO. The zero-order valence-electron chi connectivity index (χ0n) is 15.2. The van der Waals surface area contributed by atoms with Gasteiger partial charge < -0.3 is 15.3 Å². The Morgan fingerprint density at radius 3 is 1.00 bits per heavy atom. The summed E-state index contributed by atoms with van der Waals surface area (Å²) in [6, 6.07) is 0. The Labute approximate surface area is 146 Å². The van der Waals surface area contributed by atoms with Crippen LogP contribution in [0.1, 0.15) is 46.0 Å². The molecular formula is C16H31N3O6. The lowest BCUT2D eigenvalue weighted by molar-refractivity contribution is 0.262. The van der Waals surface area contributed by atoms with Crippen molar-refractivity contribution in [2.45, 2.75) is 65.6 Å². The van der Waals surface area contributed by atoms with Crippen molar-refractivity contribution in [1.82, 2.24) is 13.7 Å². The predicted octanol–water partition coefficient (Wildman–Crippen LogP) is -0.875. The molecule has 1 aromatic rings. The van der Waals surface area contributed by atoms with Crippen LogP contribution in [0.2, 0.25) is 0 Å². The second kappa shape index (κ2) is 13.6. The van der Waals surface area contributed by atoms with Gasteiger partial charge in [0.15, 0.2) is 0 Å². The number of aliphatic hydroxyl groups excluding tert-OH is 3. The highest BCUT2D eigenvalue weighted by atomic mass is 16.3. The number of aliphatic hydroxyl groups is 3. The number of nitrogens with zero attached hydrogens (tertiary/aromatic N) is 3. The molecule has 1 heterocycles. The van der Waals surface area contributed by atoms with Crippen LogP contribution in [0.5, 0.6) is 0 Å². The molecule has 0 radical (unpaired) electrons. The number of aromatic nitrogens is 3. The predicted molar refractivity (Wildman–Crippen MR) is 94.9 cm³/mol. The van der Waals surface area contributed by atoms with Gasteiger partial charge in [-0.05, 0) is 19.3 Å². The maximum absolute atomic E-state index is 12.1. The Balaban J connectivity index is 0.00000129. The third kappa shape index (κ3) is 7.37. The van der Waals surface area contributed by atoms with E-state index in [0.717, 1.165) is 13.7 Å². The topological polar surface area (TPSA) is 127 Å². The Hall–Kier alpha value is -1.71. The van der Waals surface area contributed by atoms with E-state index in [0.29, 0.717) is 0 Å². The summed E-state index contributed by atoms with van der Waals surface area (Å²) < 4.78 is 2.69. The first kappa shape index (κ1) is 23.3. The van der Waals surface area contributed by atoms with E-state index in [4.69, 9.17) is 15.3 Å². The lowest BCUT2D eigenvalue weighted by atomic mass is 10.4. The van der Waals surface area contributed by atoms with Gasteiger partial charge in [0.25, 0.3) is 0 Å². The highest BCUT2D eigenvalue weighted by molar-refractivity contribution is 4.79. The molecule has 0 aliphatic rings. The maximum Gasteiger partial charge on any atom is 0.336 e. The molecule has 0 unspecified atom stereocenters. The van der Waals surface area contributed by atoms with E-state index in [2.05, 4.69) is 13.8 Å². The Morgan fingerprint density at radius 1 is 0.600 bits per heavy atom. The van der Waals surface area contributed by atoms with Gasteiger partial charge in [-0.1, -0.05) is 26.7 Å². The van der Waals surface area contributed by atoms with Crippen LogP contribution in [0, 0.1) is 0 Å². The Kier molecular flexibility index (Phi) is 12.6. The van der Waals surface area contributed by atoms with Gasteiger partial charge in [-0.15, -0.1) is 0 Å². The van der Waals surface area contributed by atoms with Crippen molar-refractivity contribution in [3.05, 3.63) is 31.5 Å². The lowest BCUT2D eigenvalue weighted by Gasteiger charge is -2.13. The Morgan fingerprint density at radius 2 is 0.840 bits per heavy atom. The fraction of sp³-hybridized carbons (Fsp3) is 0.812. The highest BCUT2D eigenvalue weighted by Gasteiger charge is 2.14. The van der Waals surface area contributed by atoms with Crippen molar-refractivity contribution in [3.8, 4) is 0 Å². The average Bonchev–Trinajstić information content (AvgIpc) is 2.62. The van der Waals surface area contributed by atoms with Crippen LogP contribution in [0.4, 0.5) is 0 Å². The van der Waals surface area contributed by atoms with E-state index in [1.54, 1.807) is 0 Å². The van der Waals surface area contributed by atoms with Crippen LogP contribution in [0.25, 0.3) is 0 Å². The van der Waals surface area contributed by atoms with Crippen molar-refractivity contribution in [2.75, 3.05) is 19.8 Å². The van der Waals surface area contributed by atoms with Gasteiger partial charge in [0, 0.05) is 39.5 Å². The van der Waals surface area contributed by atoms with Crippen molar-refractivity contribution < 1.29 is 15.3 Å². The maximum atomic E-state index is 12.1. The lowest BCUT2D eigenvalue weighted by Crippen LogP contribution is -2.54. The highest BCUT2D eigenvalue weighted by Crippen LogP contribution is 1.86. The van der Waals surface area contributed by atoms with E-state index >= 15 is 0 Å². The molecule has 1 rings (SSSR count). The molecule has 0 saturated carbocycles. The van der Waals surface area contributed by atoms with Gasteiger partial charge >= 0.3 is 17.1 Å². The van der Waals surface area contributed by atoms with Gasteiger partial charge in [0.1, 0.15) is 0 Å². The fourth-order valence-corrected chi connectivity index (χ4v) is 1.94. The van der Waals surface area contributed by atoms with Crippen LogP contribution in [-0.4, -0.2) is 48.8 Å². The smallest absolute Gasteiger partial charge is 0.336 e. The molecule has 3 N–H and O–H groups in total. The van der Waals surface area contributed by atoms with Crippen LogP contribution in [-0.2, 0) is 19.6 Å². The number of hydrogen-bond acceptors (Lipinski definition) is 6. The minimum absolute atomic E-state index is 0.00664. The first-order chi connectivity index (χ1) is 12.0. The molecule has 146 valence electrons. The molecular weight excluding hydrogens is 330 g/mol. The molecule has 0 spiro atoms. The first-order valence-corrected chi connectivity index (χ1v) is 8.77. The van der Waals surface area contributed by atoms with Crippen molar-refractivity contribution >= 4 is 0 Å². The summed E-state index contributed by atoms with van der Waals surface area (Å²) in [6.07, 6.45) is 3.29. The largest absolute Gasteiger partial charge is 0.396 e. The zero-order chi connectivity index (χ0) is 19.2. The van der Waals surface area contributed by atoms with E-state index < -0.39 is 17.1 Å². The normalized spacial score (nSPS) is 10.4. The third-order valence-electron chi connectivity index (χ3n) is 3.50. The minimum atomic E-state index is -0.743. The quantitative estimate of drug-likeness (QED) is 0.497. The molecule has 0 aliphatic heterocycles. The number of rotatable bonds is 10. The number of hydrogen-bond donors (Lipinski definition) is 3. The minimum Gasteiger partial charge on any atom is -0.396 e. The second-order valence-electron chi connectivity index (χ2n) is 5.53. The van der Waals surface area contributed by atoms with Gasteiger partial charge in [0.05, 0.1) is 0 Å². The molecule has 1 aromatic heterocycles. The molecule has 0 amide bonds. The molecule has 0 bridgehead atoms. The fourth-order valence-electron chi connectivity index (χ4n) is 1.94. The van der Waals surface area contributed by atoms with Crippen LogP contribution < -0.4 is 17.1 Å². The van der Waals surface area contributed by atoms with Crippen molar-refractivity contribution in [1.29, 1.82) is 0 Å².